The first kappa shape index (κ1) is 15.9. The predicted molar refractivity (Wildman–Crippen MR) is 97.8 cm³/mol. The van der Waals surface area contributed by atoms with E-state index in [1.54, 1.807) is 5.57 Å². The zero-order valence-electron chi connectivity index (χ0n) is 14.4. The fraction of sp³-hybridized carbons (Fsp3) is 0.864. The number of hydrogen-bond acceptors (Lipinski definition) is 1. The summed E-state index contributed by atoms with van der Waals surface area (Å²) in [5, 5.41) is 8.30. The van der Waals surface area contributed by atoms with E-state index in [0.717, 1.165) is 28.9 Å². The van der Waals surface area contributed by atoms with E-state index in [9.17, 15) is 0 Å². The SMILES string of the molecule is C.C=C1CCC23C(CCC24C2CCC(C(C)=N)C2(C)CCC34)C1. The molecule has 5 saturated carbocycles. The molecule has 128 valence electrons. The van der Waals surface area contributed by atoms with Crippen molar-refractivity contribution in [3.05, 3.63) is 12.2 Å². The summed E-state index contributed by atoms with van der Waals surface area (Å²) in [6, 6.07) is 0. The number of rotatable bonds is 1. The van der Waals surface area contributed by atoms with Gasteiger partial charge >= 0.3 is 0 Å². The van der Waals surface area contributed by atoms with Crippen LogP contribution < -0.4 is 0 Å². The van der Waals surface area contributed by atoms with Crippen LogP contribution in [0.5, 0.6) is 0 Å². The van der Waals surface area contributed by atoms with Crippen LogP contribution in [0, 0.1) is 45.3 Å². The zero-order valence-corrected chi connectivity index (χ0v) is 14.4. The van der Waals surface area contributed by atoms with E-state index < -0.39 is 0 Å². The Morgan fingerprint density at radius 3 is 2.57 bits per heavy atom. The van der Waals surface area contributed by atoms with Crippen LogP contribution >= 0.6 is 0 Å². The molecular weight excluding hydrogens is 278 g/mol. The van der Waals surface area contributed by atoms with Crippen LogP contribution in [0.25, 0.3) is 0 Å². The third-order valence-corrected chi connectivity index (χ3v) is 9.54. The van der Waals surface area contributed by atoms with Gasteiger partial charge in [0.2, 0.25) is 0 Å². The maximum atomic E-state index is 8.30. The van der Waals surface area contributed by atoms with E-state index >= 15 is 0 Å². The first-order valence-electron chi connectivity index (χ1n) is 9.68. The lowest BCUT2D eigenvalue weighted by Crippen LogP contribution is -2.40. The van der Waals surface area contributed by atoms with Gasteiger partial charge in [-0.1, -0.05) is 26.5 Å². The largest absolute Gasteiger partial charge is 0.310 e. The second kappa shape index (κ2) is 4.52. The Balaban J connectivity index is 0.00000135. The topological polar surface area (TPSA) is 23.9 Å². The van der Waals surface area contributed by atoms with E-state index in [1.807, 2.05) is 0 Å². The second-order valence-electron chi connectivity index (χ2n) is 9.73. The highest BCUT2D eigenvalue weighted by Crippen LogP contribution is 2.91. The van der Waals surface area contributed by atoms with E-state index in [4.69, 9.17) is 5.41 Å². The van der Waals surface area contributed by atoms with Crippen molar-refractivity contribution >= 4 is 5.71 Å². The van der Waals surface area contributed by atoms with Crippen molar-refractivity contribution in [2.75, 3.05) is 0 Å². The minimum Gasteiger partial charge on any atom is -0.310 e. The molecule has 1 heteroatoms. The summed E-state index contributed by atoms with van der Waals surface area (Å²) < 4.78 is 0. The van der Waals surface area contributed by atoms with Crippen LogP contribution in [0.3, 0.4) is 0 Å². The molecule has 0 saturated heterocycles. The van der Waals surface area contributed by atoms with Crippen molar-refractivity contribution in [2.45, 2.75) is 79.1 Å². The molecule has 5 rings (SSSR count). The van der Waals surface area contributed by atoms with Gasteiger partial charge in [-0.05, 0) is 98.7 Å². The molecule has 0 aromatic heterocycles. The van der Waals surface area contributed by atoms with Crippen LogP contribution in [0.15, 0.2) is 12.2 Å². The van der Waals surface area contributed by atoms with Gasteiger partial charge in [-0.15, -0.1) is 0 Å². The van der Waals surface area contributed by atoms with Gasteiger partial charge in [0.25, 0.3) is 0 Å². The Morgan fingerprint density at radius 1 is 1.04 bits per heavy atom. The maximum absolute atomic E-state index is 8.30. The molecule has 1 nitrogen and oxygen atoms in total. The normalized spacial score (nSPS) is 56.0. The molecular formula is C22H35N. The van der Waals surface area contributed by atoms with E-state index in [1.165, 1.54) is 57.8 Å². The molecule has 5 aliphatic rings. The molecule has 5 fully saturated rings. The van der Waals surface area contributed by atoms with Crippen LogP contribution in [0.2, 0.25) is 0 Å². The zero-order chi connectivity index (χ0) is 15.3. The lowest BCUT2D eigenvalue weighted by Gasteiger charge is -2.45. The van der Waals surface area contributed by atoms with Crippen molar-refractivity contribution in [2.24, 2.45) is 39.9 Å². The van der Waals surface area contributed by atoms with Crippen molar-refractivity contribution in [3.63, 3.8) is 0 Å². The minimum absolute atomic E-state index is 0. The smallest absolute Gasteiger partial charge is 0.00946 e. The molecule has 0 aliphatic heterocycles. The summed E-state index contributed by atoms with van der Waals surface area (Å²) in [5.41, 5.74) is 4.39. The molecule has 1 N–H and O–H groups in total. The number of nitrogens with one attached hydrogen (secondary N) is 1. The fourth-order valence-corrected chi connectivity index (χ4v) is 9.07. The molecule has 0 heterocycles. The maximum Gasteiger partial charge on any atom is 0.00946 e. The Labute approximate surface area is 142 Å². The molecule has 0 bridgehead atoms. The monoisotopic (exact) mass is 313 g/mol. The third-order valence-electron chi connectivity index (χ3n) is 9.54. The molecule has 0 aromatic carbocycles. The molecule has 5 aliphatic carbocycles. The molecule has 0 radical (unpaired) electrons. The number of hydrogen-bond donors (Lipinski definition) is 1. The predicted octanol–water partition coefficient (Wildman–Crippen LogP) is 6.24. The quantitative estimate of drug-likeness (QED) is 0.437. The van der Waals surface area contributed by atoms with Crippen LogP contribution in [0.4, 0.5) is 0 Å². The van der Waals surface area contributed by atoms with Crippen LogP contribution in [-0.2, 0) is 0 Å². The lowest BCUT2D eigenvalue weighted by molar-refractivity contribution is 0.0516. The molecule has 7 unspecified atom stereocenters. The highest BCUT2D eigenvalue weighted by Gasteiger charge is 2.85. The van der Waals surface area contributed by atoms with E-state index in [2.05, 4.69) is 20.4 Å². The van der Waals surface area contributed by atoms with Gasteiger partial charge in [0, 0.05) is 11.6 Å². The minimum atomic E-state index is 0. The van der Waals surface area contributed by atoms with E-state index in [-0.39, 0.29) is 7.43 Å². The molecule has 0 amide bonds. The number of allylic oxidation sites excluding steroid dienone is 1. The molecule has 23 heavy (non-hydrogen) atoms. The van der Waals surface area contributed by atoms with Crippen LogP contribution in [-0.4, -0.2) is 5.71 Å². The van der Waals surface area contributed by atoms with Crippen molar-refractivity contribution in [3.8, 4) is 0 Å². The Kier molecular flexibility index (Phi) is 3.13. The van der Waals surface area contributed by atoms with Crippen molar-refractivity contribution < 1.29 is 0 Å². The number of fused-ring (bicyclic) bond motifs is 1. The van der Waals surface area contributed by atoms with Gasteiger partial charge in [0.1, 0.15) is 0 Å². The first-order valence-corrected chi connectivity index (χ1v) is 9.68. The Morgan fingerprint density at radius 2 is 1.83 bits per heavy atom. The summed E-state index contributed by atoms with van der Waals surface area (Å²) in [4.78, 5) is 0. The average molecular weight is 314 g/mol. The fourth-order valence-electron chi connectivity index (χ4n) is 9.07. The summed E-state index contributed by atoms with van der Waals surface area (Å²) in [6.07, 6.45) is 12.7. The summed E-state index contributed by atoms with van der Waals surface area (Å²) in [7, 11) is 0. The third kappa shape index (κ3) is 1.50. The lowest BCUT2D eigenvalue weighted by atomic mass is 9.59. The standard InChI is InChI=1S/C21H31N.CH4/c1-13-6-10-20-15(12-13)7-11-21(20)17-5-4-16(14(2)22)19(17,3)9-8-18(20)21;/h15-18,22H,1,4-12H2,2-3H3;1H4. The van der Waals surface area contributed by atoms with Gasteiger partial charge in [-0.25, -0.2) is 0 Å². The van der Waals surface area contributed by atoms with Gasteiger partial charge < -0.3 is 5.41 Å². The van der Waals surface area contributed by atoms with Crippen molar-refractivity contribution in [1.29, 1.82) is 5.41 Å². The van der Waals surface area contributed by atoms with Gasteiger partial charge in [-0.2, -0.15) is 0 Å². The summed E-state index contributed by atoms with van der Waals surface area (Å²) >= 11 is 0. The first-order chi connectivity index (χ1) is 10.5. The molecule has 7 atom stereocenters. The molecule has 0 aromatic rings. The molecule has 2 spiro atoms. The van der Waals surface area contributed by atoms with Crippen molar-refractivity contribution in [1.82, 2.24) is 0 Å². The highest BCUT2D eigenvalue weighted by atomic mass is 14.9. The summed E-state index contributed by atoms with van der Waals surface area (Å²) in [5.74, 6) is 3.54. The second-order valence-corrected chi connectivity index (χ2v) is 9.73. The van der Waals surface area contributed by atoms with Gasteiger partial charge in [0.05, 0.1) is 0 Å². The Hall–Kier alpha value is -0.590. The van der Waals surface area contributed by atoms with Gasteiger partial charge in [0.15, 0.2) is 0 Å². The average Bonchev–Trinajstić information content (AvgIpc) is 2.74. The van der Waals surface area contributed by atoms with E-state index in [0.29, 0.717) is 16.7 Å². The van der Waals surface area contributed by atoms with Gasteiger partial charge in [-0.3, -0.25) is 0 Å². The highest BCUT2D eigenvalue weighted by molar-refractivity contribution is 5.82. The summed E-state index contributed by atoms with van der Waals surface area (Å²) in [6.45, 7) is 8.97. The van der Waals surface area contributed by atoms with Crippen LogP contribution in [0.1, 0.15) is 79.1 Å². The Bertz CT molecular complexity index is 577.